The van der Waals surface area contributed by atoms with Crippen molar-refractivity contribution in [2.45, 2.75) is 40.5 Å². The van der Waals surface area contributed by atoms with Crippen LogP contribution in [0.5, 0.6) is 0 Å². The number of aromatic nitrogens is 1. The summed E-state index contributed by atoms with van der Waals surface area (Å²) in [6.45, 7) is 10.2. The van der Waals surface area contributed by atoms with Gasteiger partial charge in [0.15, 0.2) is 0 Å². The molecule has 0 aliphatic carbocycles. The fourth-order valence-corrected chi connectivity index (χ4v) is 1.91. The van der Waals surface area contributed by atoms with Gasteiger partial charge in [-0.2, -0.15) is 0 Å². The number of nitrogens with one attached hydrogen (secondary N) is 1. The first kappa shape index (κ1) is 10.9. The Labute approximate surface area is 85.9 Å². The summed E-state index contributed by atoms with van der Waals surface area (Å²) in [5.74, 6) is 0.502. The number of aryl methyl sites for hydroxylation is 2. The van der Waals surface area contributed by atoms with E-state index in [2.05, 4.69) is 25.8 Å². The predicted octanol–water partition coefficient (Wildman–Crippen LogP) is 3.21. The summed E-state index contributed by atoms with van der Waals surface area (Å²) in [4.78, 5) is 4.43. The van der Waals surface area contributed by atoms with Gasteiger partial charge in [-0.25, -0.2) is 0 Å². The highest BCUT2D eigenvalue weighted by Crippen LogP contribution is 2.22. The molecule has 0 radical (unpaired) electrons. The summed E-state index contributed by atoms with van der Waals surface area (Å²) in [7, 11) is 0. The Kier molecular flexibility index (Phi) is 3.04. The summed E-state index contributed by atoms with van der Waals surface area (Å²) in [5, 5.41) is 7.54. The molecule has 14 heavy (non-hydrogen) atoms. The molecular formula is C12H18N2. The van der Waals surface area contributed by atoms with Crippen LogP contribution in [-0.4, -0.2) is 10.7 Å². The highest BCUT2D eigenvalue weighted by atomic mass is 14.7. The van der Waals surface area contributed by atoms with Crippen LogP contribution in [0.2, 0.25) is 0 Å². The molecule has 0 saturated heterocycles. The Morgan fingerprint density at radius 2 is 1.93 bits per heavy atom. The van der Waals surface area contributed by atoms with Crippen molar-refractivity contribution in [3.63, 3.8) is 0 Å². The summed E-state index contributed by atoms with van der Waals surface area (Å²) in [5.41, 5.74) is 4.95. The number of pyridine rings is 1. The van der Waals surface area contributed by atoms with E-state index in [1.54, 1.807) is 6.92 Å². The van der Waals surface area contributed by atoms with E-state index in [1.807, 2.05) is 13.0 Å². The Hall–Kier alpha value is -1.18. The largest absolute Gasteiger partial charge is 0.303 e. The molecule has 1 N–H and O–H groups in total. The predicted molar refractivity (Wildman–Crippen MR) is 60.3 cm³/mol. The number of hydrogen-bond donors (Lipinski definition) is 1. The van der Waals surface area contributed by atoms with Gasteiger partial charge < -0.3 is 5.41 Å². The smallest absolute Gasteiger partial charge is 0.0840 e. The van der Waals surface area contributed by atoms with Crippen LogP contribution >= 0.6 is 0 Å². The van der Waals surface area contributed by atoms with Crippen molar-refractivity contribution in [3.05, 3.63) is 28.6 Å². The minimum Gasteiger partial charge on any atom is -0.303 e. The van der Waals surface area contributed by atoms with Crippen LogP contribution in [0.25, 0.3) is 0 Å². The average Bonchev–Trinajstić information content (AvgIpc) is 2.01. The first-order chi connectivity index (χ1) is 6.43. The summed E-state index contributed by atoms with van der Waals surface area (Å²) >= 11 is 0. The minimum atomic E-state index is 0.502. The number of hydrogen-bond acceptors (Lipinski definition) is 2. The SMILES string of the molecule is CC(=N)c1cc(C)c(C(C)C)c(C)n1. The maximum atomic E-state index is 7.54. The summed E-state index contributed by atoms with van der Waals surface area (Å²) < 4.78 is 0. The zero-order chi connectivity index (χ0) is 10.9. The highest BCUT2D eigenvalue weighted by molar-refractivity contribution is 5.94. The lowest BCUT2D eigenvalue weighted by Crippen LogP contribution is -2.05. The Morgan fingerprint density at radius 3 is 2.29 bits per heavy atom. The average molecular weight is 190 g/mol. The van der Waals surface area contributed by atoms with E-state index < -0.39 is 0 Å². The van der Waals surface area contributed by atoms with Crippen molar-refractivity contribution < 1.29 is 0 Å². The van der Waals surface area contributed by atoms with Crippen LogP contribution in [0.1, 0.15) is 49.2 Å². The van der Waals surface area contributed by atoms with Gasteiger partial charge >= 0.3 is 0 Å². The van der Waals surface area contributed by atoms with E-state index >= 15 is 0 Å². The molecule has 1 rings (SSSR count). The van der Waals surface area contributed by atoms with Gasteiger partial charge in [-0.05, 0) is 43.9 Å². The van der Waals surface area contributed by atoms with Gasteiger partial charge in [0.2, 0.25) is 0 Å². The molecule has 0 atom stereocenters. The van der Waals surface area contributed by atoms with Gasteiger partial charge in [0.05, 0.1) is 11.4 Å². The molecule has 0 bridgehead atoms. The fraction of sp³-hybridized carbons (Fsp3) is 0.500. The monoisotopic (exact) mass is 190 g/mol. The van der Waals surface area contributed by atoms with Crippen molar-refractivity contribution in [2.75, 3.05) is 0 Å². The third-order valence-corrected chi connectivity index (χ3v) is 2.42. The quantitative estimate of drug-likeness (QED) is 0.714. The maximum absolute atomic E-state index is 7.54. The van der Waals surface area contributed by atoms with Crippen LogP contribution in [0.3, 0.4) is 0 Å². The normalized spacial score (nSPS) is 10.7. The lowest BCUT2D eigenvalue weighted by molar-refractivity contribution is 0.830. The van der Waals surface area contributed by atoms with Gasteiger partial charge in [0.25, 0.3) is 0 Å². The molecule has 1 aromatic rings. The molecule has 0 fully saturated rings. The molecule has 0 aromatic carbocycles. The first-order valence-electron chi connectivity index (χ1n) is 4.97. The van der Waals surface area contributed by atoms with Gasteiger partial charge in [-0.1, -0.05) is 13.8 Å². The van der Waals surface area contributed by atoms with E-state index in [0.717, 1.165) is 11.4 Å². The topological polar surface area (TPSA) is 36.7 Å². The molecule has 0 amide bonds. The van der Waals surface area contributed by atoms with Gasteiger partial charge in [0.1, 0.15) is 0 Å². The zero-order valence-corrected chi connectivity index (χ0v) is 9.60. The highest BCUT2D eigenvalue weighted by Gasteiger charge is 2.10. The molecule has 0 spiro atoms. The van der Waals surface area contributed by atoms with Crippen molar-refractivity contribution >= 4 is 5.71 Å². The van der Waals surface area contributed by atoms with Crippen LogP contribution in [-0.2, 0) is 0 Å². The number of rotatable bonds is 2. The lowest BCUT2D eigenvalue weighted by atomic mass is 9.96. The lowest BCUT2D eigenvalue weighted by Gasteiger charge is -2.14. The molecular weight excluding hydrogens is 172 g/mol. The second-order valence-electron chi connectivity index (χ2n) is 4.10. The first-order valence-corrected chi connectivity index (χ1v) is 4.97. The Balaban J connectivity index is 3.32. The second-order valence-corrected chi connectivity index (χ2v) is 4.10. The molecule has 0 saturated carbocycles. The second kappa shape index (κ2) is 3.91. The van der Waals surface area contributed by atoms with Crippen LogP contribution < -0.4 is 0 Å². The fourth-order valence-electron chi connectivity index (χ4n) is 1.91. The Morgan fingerprint density at radius 1 is 1.36 bits per heavy atom. The van der Waals surface area contributed by atoms with Crippen LogP contribution in [0, 0.1) is 19.3 Å². The molecule has 0 unspecified atom stereocenters. The van der Waals surface area contributed by atoms with E-state index in [0.29, 0.717) is 11.6 Å². The zero-order valence-electron chi connectivity index (χ0n) is 9.60. The third kappa shape index (κ3) is 2.00. The molecule has 1 aromatic heterocycles. The van der Waals surface area contributed by atoms with Crippen molar-refractivity contribution in [1.82, 2.24) is 4.98 Å². The van der Waals surface area contributed by atoms with E-state index in [9.17, 15) is 0 Å². The Bertz CT molecular complexity index is 342. The van der Waals surface area contributed by atoms with E-state index in [1.165, 1.54) is 11.1 Å². The molecule has 2 nitrogen and oxygen atoms in total. The molecule has 0 aliphatic heterocycles. The van der Waals surface area contributed by atoms with Crippen molar-refractivity contribution in [1.29, 1.82) is 5.41 Å². The summed E-state index contributed by atoms with van der Waals surface area (Å²) in [6.07, 6.45) is 0. The van der Waals surface area contributed by atoms with Gasteiger partial charge in [-0.15, -0.1) is 0 Å². The minimum absolute atomic E-state index is 0.502. The maximum Gasteiger partial charge on any atom is 0.0840 e. The van der Waals surface area contributed by atoms with Crippen molar-refractivity contribution in [3.8, 4) is 0 Å². The molecule has 76 valence electrons. The third-order valence-electron chi connectivity index (χ3n) is 2.42. The van der Waals surface area contributed by atoms with Crippen LogP contribution in [0.15, 0.2) is 6.07 Å². The number of nitrogens with zero attached hydrogens (tertiary/aromatic N) is 1. The van der Waals surface area contributed by atoms with Crippen LogP contribution in [0.4, 0.5) is 0 Å². The molecule has 0 aliphatic rings. The van der Waals surface area contributed by atoms with Gasteiger partial charge in [-0.3, -0.25) is 4.98 Å². The molecule has 1 heterocycles. The standard InChI is InChI=1S/C12H18N2/c1-7(2)12-8(3)6-11(9(4)13)14-10(12)5/h6-7,13H,1-5H3. The van der Waals surface area contributed by atoms with E-state index in [-0.39, 0.29) is 0 Å². The van der Waals surface area contributed by atoms with Crippen molar-refractivity contribution in [2.24, 2.45) is 0 Å². The van der Waals surface area contributed by atoms with Gasteiger partial charge in [0, 0.05) is 5.69 Å². The molecule has 2 heteroatoms. The van der Waals surface area contributed by atoms with E-state index in [4.69, 9.17) is 5.41 Å². The summed E-state index contributed by atoms with van der Waals surface area (Å²) in [6, 6.07) is 2.00.